The van der Waals surface area contributed by atoms with Crippen molar-refractivity contribution in [2.24, 2.45) is 5.92 Å². The zero-order valence-corrected chi connectivity index (χ0v) is 10.3. The fourth-order valence-corrected chi connectivity index (χ4v) is 2.03. The zero-order valence-electron chi connectivity index (χ0n) is 10.3. The van der Waals surface area contributed by atoms with Crippen molar-refractivity contribution < 1.29 is 4.42 Å². The maximum absolute atomic E-state index is 5.57. The van der Waals surface area contributed by atoms with E-state index in [1.165, 1.54) is 24.9 Å². The highest BCUT2D eigenvalue weighted by Crippen LogP contribution is 2.30. The van der Waals surface area contributed by atoms with Crippen molar-refractivity contribution in [1.29, 1.82) is 0 Å². The molecule has 0 unspecified atom stereocenters. The highest BCUT2D eigenvalue weighted by molar-refractivity contribution is 5.16. The van der Waals surface area contributed by atoms with Crippen LogP contribution in [0, 0.1) is 5.92 Å². The molecule has 1 aliphatic carbocycles. The van der Waals surface area contributed by atoms with Crippen molar-refractivity contribution in [1.82, 2.24) is 10.2 Å². The first-order valence-corrected chi connectivity index (χ1v) is 6.25. The molecule has 0 atom stereocenters. The molecule has 1 aromatic heterocycles. The lowest BCUT2D eigenvalue weighted by Gasteiger charge is -2.19. The minimum atomic E-state index is 0.896. The van der Waals surface area contributed by atoms with Crippen LogP contribution in [0.25, 0.3) is 0 Å². The molecule has 0 aromatic carbocycles. The average molecular weight is 222 g/mol. The fraction of sp³-hybridized carbons (Fsp3) is 0.692. The second-order valence-corrected chi connectivity index (χ2v) is 4.67. The molecule has 16 heavy (non-hydrogen) atoms. The van der Waals surface area contributed by atoms with Crippen molar-refractivity contribution in [2.45, 2.75) is 32.9 Å². The Kier molecular flexibility index (Phi) is 4.02. The van der Waals surface area contributed by atoms with Crippen molar-refractivity contribution in [2.75, 3.05) is 20.1 Å². The minimum absolute atomic E-state index is 0.896. The van der Waals surface area contributed by atoms with Gasteiger partial charge in [-0.05, 0) is 38.4 Å². The van der Waals surface area contributed by atoms with Gasteiger partial charge in [0.05, 0.1) is 12.8 Å². The number of nitrogens with one attached hydrogen (secondary N) is 1. The Balaban J connectivity index is 1.91. The van der Waals surface area contributed by atoms with E-state index < -0.39 is 0 Å². The molecule has 1 saturated carbocycles. The van der Waals surface area contributed by atoms with Gasteiger partial charge in [-0.25, -0.2) is 0 Å². The fourth-order valence-electron chi connectivity index (χ4n) is 2.03. The van der Waals surface area contributed by atoms with E-state index in [-0.39, 0.29) is 0 Å². The van der Waals surface area contributed by atoms with Crippen LogP contribution in [0.3, 0.4) is 0 Å². The summed E-state index contributed by atoms with van der Waals surface area (Å²) in [6.45, 7) is 6.42. The minimum Gasteiger partial charge on any atom is -0.468 e. The lowest BCUT2D eigenvalue weighted by atomic mass is 10.2. The van der Waals surface area contributed by atoms with Crippen molar-refractivity contribution in [3.8, 4) is 0 Å². The monoisotopic (exact) mass is 222 g/mol. The molecule has 0 aliphatic heterocycles. The Morgan fingerprint density at radius 3 is 2.94 bits per heavy atom. The summed E-state index contributed by atoms with van der Waals surface area (Å²) in [5, 5.41) is 3.18. The molecule has 1 N–H and O–H groups in total. The first-order chi connectivity index (χ1) is 7.83. The lowest BCUT2D eigenvalue weighted by Crippen LogP contribution is -2.25. The topological polar surface area (TPSA) is 28.4 Å². The molecule has 90 valence electrons. The van der Waals surface area contributed by atoms with Gasteiger partial charge in [0.2, 0.25) is 0 Å². The predicted octanol–water partition coefficient (Wildman–Crippen LogP) is 2.23. The second kappa shape index (κ2) is 5.51. The van der Waals surface area contributed by atoms with Crippen LogP contribution in [0.1, 0.15) is 31.1 Å². The Morgan fingerprint density at radius 1 is 1.50 bits per heavy atom. The summed E-state index contributed by atoms with van der Waals surface area (Å²) in [6.07, 6.45) is 4.63. The van der Waals surface area contributed by atoms with Gasteiger partial charge in [-0.15, -0.1) is 0 Å². The summed E-state index contributed by atoms with van der Waals surface area (Å²) >= 11 is 0. The lowest BCUT2D eigenvalue weighted by molar-refractivity contribution is 0.245. The van der Waals surface area contributed by atoms with Crippen LogP contribution >= 0.6 is 0 Å². The van der Waals surface area contributed by atoms with E-state index in [1.54, 1.807) is 6.26 Å². The van der Waals surface area contributed by atoms with Gasteiger partial charge in [0, 0.05) is 18.7 Å². The summed E-state index contributed by atoms with van der Waals surface area (Å²) < 4.78 is 5.57. The number of furan rings is 1. The van der Waals surface area contributed by atoms with E-state index in [9.17, 15) is 0 Å². The van der Waals surface area contributed by atoms with Crippen LogP contribution in [0.5, 0.6) is 0 Å². The smallest absolute Gasteiger partial charge is 0.122 e. The third kappa shape index (κ3) is 3.09. The standard InChI is InChI=1S/C13H22N2O/c1-3-15(9-11-4-5-11)10-13-12(8-14-2)6-7-16-13/h6-7,11,14H,3-5,8-10H2,1-2H3. The van der Waals surface area contributed by atoms with Gasteiger partial charge in [0.25, 0.3) is 0 Å². The van der Waals surface area contributed by atoms with Crippen LogP contribution in [-0.2, 0) is 13.1 Å². The van der Waals surface area contributed by atoms with Crippen LogP contribution in [0.4, 0.5) is 0 Å². The van der Waals surface area contributed by atoms with Gasteiger partial charge in [0.15, 0.2) is 0 Å². The molecule has 0 bridgehead atoms. The van der Waals surface area contributed by atoms with E-state index in [0.29, 0.717) is 0 Å². The highest BCUT2D eigenvalue weighted by Gasteiger charge is 2.24. The average Bonchev–Trinajstić information content (AvgIpc) is 3.00. The Hall–Kier alpha value is -0.800. The molecule has 1 aliphatic rings. The van der Waals surface area contributed by atoms with Gasteiger partial charge in [-0.3, -0.25) is 4.90 Å². The molecule has 1 aromatic rings. The van der Waals surface area contributed by atoms with Crippen LogP contribution in [-0.4, -0.2) is 25.0 Å². The third-order valence-corrected chi connectivity index (χ3v) is 3.23. The summed E-state index contributed by atoms with van der Waals surface area (Å²) in [5.74, 6) is 2.07. The van der Waals surface area contributed by atoms with E-state index in [2.05, 4.69) is 23.2 Å². The molecule has 0 amide bonds. The molecule has 1 heterocycles. The normalized spacial score (nSPS) is 15.9. The van der Waals surface area contributed by atoms with Gasteiger partial charge < -0.3 is 9.73 Å². The first-order valence-electron chi connectivity index (χ1n) is 6.25. The van der Waals surface area contributed by atoms with Crippen molar-refractivity contribution in [3.63, 3.8) is 0 Å². The largest absolute Gasteiger partial charge is 0.468 e. The summed E-state index contributed by atoms with van der Waals surface area (Å²) in [7, 11) is 1.97. The molecule has 0 saturated heterocycles. The second-order valence-electron chi connectivity index (χ2n) is 4.67. The first kappa shape index (κ1) is 11.7. The highest BCUT2D eigenvalue weighted by atomic mass is 16.3. The molecular formula is C13H22N2O. The Labute approximate surface area is 97.8 Å². The van der Waals surface area contributed by atoms with E-state index in [0.717, 1.165) is 31.3 Å². The predicted molar refractivity (Wildman–Crippen MR) is 65.1 cm³/mol. The van der Waals surface area contributed by atoms with Crippen LogP contribution in [0.2, 0.25) is 0 Å². The maximum Gasteiger partial charge on any atom is 0.122 e. The number of rotatable bonds is 7. The van der Waals surface area contributed by atoms with Crippen molar-refractivity contribution in [3.05, 3.63) is 23.7 Å². The van der Waals surface area contributed by atoms with Gasteiger partial charge in [0.1, 0.15) is 5.76 Å². The summed E-state index contributed by atoms with van der Waals surface area (Å²) in [4.78, 5) is 2.48. The summed E-state index contributed by atoms with van der Waals surface area (Å²) in [5.41, 5.74) is 1.29. The molecular weight excluding hydrogens is 200 g/mol. The Morgan fingerprint density at radius 2 is 2.31 bits per heavy atom. The molecule has 1 fully saturated rings. The maximum atomic E-state index is 5.57. The SMILES string of the molecule is CCN(Cc1occc1CNC)CC1CC1. The number of nitrogens with zero attached hydrogens (tertiary/aromatic N) is 1. The quantitative estimate of drug-likeness (QED) is 0.767. The molecule has 3 nitrogen and oxygen atoms in total. The van der Waals surface area contributed by atoms with Crippen LogP contribution < -0.4 is 5.32 Å². The molecule has 2 rings (SSSR count). The zero-order chi connectivity index (χ0) is 11.4. The molecule has 0 radical (unpaired) electrons. The summed E-state index contributed by atoms with van der Waals surface area (Å²) in [6, 6.07) is 2.07. The van der Waals surface area contributed by atoms with E-state index in [4.69, 9.17) is 4.42 Å². The Bertz CT molecular complexity index is 317. The number of hydrogen-bond donors (Lipinski definition) is 1. The van der Waals surface area contributed by atoms with Crippen molar-refractivity contribution >= 4 is 0 Å². The number of hydrogen-bond acceptors (Lipinski definition) is 3. The van der Waals surface area contributed by atoms with Gasteiger partial charge in [-0.1, -0.05) is 6.92 Å². The van der Waals surface area contributed by atoms with Gasteiger partial charge in [-0.2, -0.15) is 0 Å². The van der Waals surface area contributed by atoms with Gasteiger partial charge >= 0.3 is 0 Å². The van der Waals surface area contributed by atoms with E-state index >= 15 is 0 Å². The van der Waals surface area contributed by atoms with Crippen LogP contribution in [0.15, 0.2) is 16.7 Å². The third-order valence-electron chi connectivity index (χ3n) is 3.23. The van der Waals surface area contributed by atoms with E-state index in [1.807, 2.05) is 7.05 Å². The molecule has 3 heteroatoms. The molecule has 0 spiro atoms.